The van der Waals surface area contributed by atoms with Crippen molar-refractivity contribution in [1.29, 1.82) is 0 Å². The maximum absolute atomic E-state index is 14.3. The van der Waals surface area contributed by atoms with Gasteiger partial charge in [0.15, 0.2) is 0 Å². The van der Waals surface area contributed by atoms with Gasteiger partial charge in [0.05, 0.1) is 24.4 Å². The van der Waals surface area contributed by atoms with Gasteiger partial charge < -0.3 is 14.4 Å². The number of hydrogen-bond donors (Lipinski definition) is 0. The summed E-state index contributed by atoms with van der Waals surface area (Å²) in [6, 6.07) is 15.4. The van der Waals surface area contributed by atoms with Crippen LogP contribution in [-0.2, 0) is 22.9 Å². The predicted molar refractivity (Wildman–Crippen MR) is 125 cm³/mol. The molecule has 0 N–H and O–H groups in total. The summed E-state index contributed by atoms with van der Waals surface area (Å²) in [7, 11) is 0. The molecule has 0 fully saturated rings. The molecule has 3 heterocycles. The van der Waals surface area contributed by atoms with Gasteiger partial charge in [0, 0.05) is 29.9 Å². The van der Waals surface area contributed by atoms with E-state index in [1.165, 1.54) is 6.07 Å². The van der Waals surface area contributed by atoms with E-state index in [9.17, 15) is 18.0 Å². The summed E-state index contributed by atoms with van der Waals surface area (Å²) in [6.07, 6.45) is -3.25. The van der Waals surface area contributed by atoms with Crippen LogP contribution < -0.4 is 14.4 Å². The van der Waals surface area contributed by atoms with Gasteiger partial charge in [-0.15, -0.1) is 0 Å². The van der Waals surface area contributed by atoms with E-state index in [2.05, 4.69) is 4.98 Å². The molecule has 8 heteroatoms. The van der Waals surface area contributed by atoms with Crippen LogP contribution in [0.3, 0.4) is 0 Å². The Hall–Kier alpha value is -3.55. The molecule has 2 aromatic carbocycles. The number of amides is 1. The fraction of sp³-hybridized carbons (Fsp3) is 0.333. The third-order valence-electron chi connectivity index (χ3n) is 6.54. The first-order valence-electron chi connectivity index (χ1n) is 11.4. The molecule has 2 aliphatic heterocycles. The molecule has 0 saturated heterocycles. The maximum atomic E-state index is 14.3. The van der Waals surface area contributed by atoms with E-state index in [1.54, 1.807) is 4.90 Å². The molecule has 182 valence electrons. The van der Waals surface area contributed by atoms with Crippen molar-refractivity contribution < 1.29 is 27.4 Å². The van der Waals surface area contributed by atoms with Crippen LogP contribution in [0.5, 0.6) is 11.5 Å². The third-order valence-corrected chi connectivity index (χ3v) is 6.54. The van der Waals surface area contributed by atoms with Crippen LogP contribution in [0.4, 0.5) is 18.9 Å². The average Bonchev–Trinajstić information content (AvgIpc) is 3.01. The van der Waals surface area contributed by atoms with E-state index in [0.717, 1.165) is 29.1 Å². The SMILES string of the molecule is CCOc1ccc2c(c1)OC(C)(C)CC21C(=O)N(Cc2ccc(C(F)(F)F)cn2)c2ccccc21. The van der Waals surface area contributed by atoms with Gasteiger partial charge in [0.1, 0.15) is 22.5 Å². The average molecular weight is 483 g/mol. The second kappa shape index (κ2) is 8.00. The topological polar surface area (TPSA) is 51.7 Å². The number of carbonyl (C=O) groups is 1. The number of pyridine rings is 1. The first-order valence-corrected chi connectivity index (χ1v) is 11.4. The molecule has 35 heavy (non-hydrogen) atoms. The predicted octanol–water partition coefficient (Wildman–Crippen LogP) is 5.89. The van der Waals surface area contributed by atoms with E-state index < -0.39 is 22.8 Å². The Balaban J connectivity index is 1.61. The molecular weight excluding hydrogens is 457 g/mol. The van der Waals surface area contributed by atoms with Gasteiger partial charge in [-0.1, -0.05) is 24.3 Å². The lowest BCUT2D eigenvalue weighted by Gasteiger charge is -2.43. The molecule has 1 spiro atoms. The highest BCUT2D eigenvalue weighted by Crippen LogP contribution is 2.56. The summed E-state index contributed by atoms with van der Waals surface area (Å²) in [4.78, 5) is 19.9. The number of rotatable bonds is 4. The second-order valence-corrected chi connectivity index (χ2v) is 9.48. The molecule has 1 unspecified atom stereocenters. The lowest BCUT2D eigenvalue weighted by Crippen LogP contribution is -2.50. The number of alkyl halides is 3. The first-order chi connectivity index (χ1) is 16.5. The number of ether oxygens (including phenoxy) is 2. The first kappa shape index (κ1) is 23.2. The molecule has 0 bridgehead atoms. The largest absolute Gasteiger partial charge is 0.494 e. The van der Waals surface area contributed by atoms with Crippen molar-refractivity contribution in [2.45, 2.75) is 50.9 Å². The van der Waals surface area contributed by atoms with Gasteiger partial charge in [0.25, 0.3) is 0 Å². The fourth-order valence-electron chi connectivity index (χ4n) is 5.22. The third kappa shape index (κ3) is 3.81. The van der Waals surface area contributed by atoms with Gasteiger partial charge in [0.2, 0.25) is 5.91 Å². The van der Waals surface area contributed by atoms with Crippen LogP contribution in [0.1, 0.15) is 49.6 Å². The molecule has 0 aliphatic carbocycles. The van der Waals surface area contributed by atoms with Crippen LogP contribution in [-0.4, -0.2) is 23.1 Å². The highest BCUT2D eigenvalue weighted by atomic mass is 19.4. The second-order valence-electron chi connectivity index (χ2n) is 9.48. The van der Waals surface area contributed by atoms with E-state index in [-0.39, 0.29) is 12.5 Å². The Morgan fingerprint density at radius 1 is 1.09 bits per heavy atom. The van der Waals surface area contributed by atoms with Gasteiger partial charge in [-0.3, -0.25) is 9.78 Å². The highest BCUT2D eigenvalue weighted by Gasteiger charge is 2.58. The smallest absolute Gasteiger partial charge is 0.417 e. The van der Waals surface area contributed by atoms with Crippen LogP contribution in [0, 0.1) is 0 Å². The Kier molecular flexibility index (Phi) is 5.30. The number of aromatic nitrogens is 1. The number of nitrogens with zero attached hydrogens (tertiary/aromatic N) is 2. The minimum absolute atomic E-state index is 0.0589. The van der Waals surface area contributed by atoms with E-state index in [0.29, 0.717) is 30.2 Å². The minimum Gasteiger partial charge on any atom is -0.494 e. The molecule has 3 aromatic rings. The number of halogens is 3. The number of para-hydroxylation sites is 1. The molecular formula is C27H25F3N2O3. The minimum atomic E-state index is -4.47. The zero-order valence-corrected chi connectivity index (χ0v) is 19.6. The van der Waals surface area contributed by atoms with Crippen molar-refractivity contribution in [1.82, 2.24) is 4.98 Å². The van der Waals surface area contributed by atoms with Crippen LogP contribution in [0.25, 0.3) is 0 Å². The lowest BCUT2D eigenvalue weighted by atomic mass is 9.67. The van der Waals surface area contributed by atoms with Crippen molar-refractivity contribution in [3.63, 3.8) is 0 Å². The van der Waals surface area contributed by atoms with Crippen molar-refractivity contribution >= 4 is 11.6 Å². The molecule has 0 radical (unpaired) electrons. The summed E-state index contributed by atoms with van der Waals surface area (Å²) in [5, 5.41) is 0. The van der Waals surface area contributed by atoms with Crippen LogP contribution in [0.2, 0.25) is 0 Å². The lowest BCUT2D eigenvalue weighted by molar-refractivity contribution is -0.137. The molecule has 5 nitrogen and oxygen atoms in total. The number of hydrogen-bond acceptors (Lipinski definition) is 4. The standard InChI is InChI=1S/C27H25F3N2O3/c1-4-34-19-11-12-21-23(13-19)35-25(2,3)16-26(21)20-7-5-6-8-22(20)32(24(26)33)15-18-10-9-17(14-31-18)27(28,29)30/h5-14H,4,15-16H2,1-3H3. The van der Waals surface area contributed by atoms with Gasteiger partial charge in [-0.25, -0.2) is 0 Å². The maximum Gasteiger partial charge on any atom is 0.417 e. The molecule has 5 rings (SSSR count). The molecule has 0 saturated carbocycles. The quantitative estimate of drug-likeness (QED) is 0.465. The van der Waals surface area contributed by atoms with Gasteiger partial charge in [-0.2, -0.15) is 13.2 Å². The van der Waals surface area contributed by atoms with Gasteiger partial charge in [-0.05, 0) is 50.6 Å². The zero-order chi connectivity index (χ0) is 25.0. The summed E-state index contributed by atoms with van der Waals surface area (Å²) < 4.78 is 50.9. The van der Waals surface area contributed by atoms with E-state index in [1.807, 2.05) is 63.2 Å². The summed E-state index contributed by atoms with van der Waals surface area (Å²) in [6.45, 7) is 6.35. The Bertz CT molecular complexity index is 1290. The summed E-state index contributed by atoms with van der Waals surface area (Å²) >= 11 is 0. The van der Waals surface area contributed by atoms with Crippen molar-refractivity contribution in [2.24, 2.45) is 0 Å². The van der Waals surface area contributed by atoms with Crippen LogP contribution in [0.15, 0.2) is 60.8 Å². The summed E-state index contributed by atoms with van der Waals surface area (Å²) in [5.74, 6) is 1.09. The normalized spacial score (nSPS) is 20.4. The number of fused-ring (bicyclic) bond motifs is 4. The molecule has 2 aliphatic rings. The molecule has 1 amide bonds. The van der Waals surface area contributed by atoms with E-state index >= 15 is 0 Å². The Labute approximate surface area is 201 Å². The molecule has 1 atom stereocenters. The highest BCUT2D eigenvalue weighted by molar-refractivity contribution is 6.11. The van der Waals surface area contributed by atoms with Crippen molar-refractivity contribution in [2.75, 3.05) is 11.5 Å². The fourth-order valence-corrected chi connectivity index (χ4v) is 5.22. The van der Waals surface area contributed by atoms with Crippen molar-refractivity contribution in [3.05, 3.63) is 83.2 Å². The monoisotopic (exact) mass is 482 g/mol. The number of carbonyl (C=O) groups excluding carboxylic acids is 1. The van der Waals surface area contributed by atoms with Crippen LogP contribution >= 0.6 is 0 Å². The van der Waals surface area contributed by atoms with E-state index in [4.69, 9.17) is 9.47 Å². The Morgan fingerprint density at radius 3 is 2.54 bits per heavy atom. The Morgan fingerprint density at radius 2 is 1.86 bits per heavy atom. The zero-order valence-electron chi connectivity index (χ0n) is 19.6. The molecule has 1 aromatic heterocycles. The number of benzene rings is 2. The van der Waals surface area contributed by atoms with Crippen molar-refractivity contribution in [3.8, 4) is 11.5 Å². The van der Waals surface area contributed by atoms with Gasteiger partial charge >= 0.3 is 6.18 Å². The summed E-state index contributed by atoms with van der Waals surface area (Å²) in [5.41, 5.74) is 0.219. The number of anilines is 1.